The fraction of sp³-hybridized carbons (Fsp3) is 0.231. The molecule has 0 radical (unpaired) electrons. The summed E-state index contributed by atoms with van der Waals surface area (Å²) >= 11 is 0. The van der Waals surface area contributed by atoms with Crippen LogP contribution in [0.15, 0.2) is 36.9 Å². The molecule has 0 aliphatic heterocycles. The maximum absolute atomic E-state index is 11.9. The molecular formula is C13H11F3N4O3. The third kappa shape index (κ3) is 5.09. The van der Waals surface area contributed by atoms with Crippen molar-refractivity contribution < 1.29 is 27.5 Å². The van der Waals surface area contributed by atoms with Crippen molar-refractivity contribution in [1.29, 1.82) is 0 Å². The van der Waals surface area contributed by atoms with Crippen LogP contribution in [0, 0.1) is 0 Å². The number of ether oxygens (including phenoxy) is 1. The van der Waals surface area contributed by atoms with E-state index in [2.05, 4.69) is 14.8 Å². The van der Waals surface area contributed by atoms with E-state index in [4.69, 9.17) is 0 Å². The topological polar surface area (TPSA) is 86.1 Å². The maximum Gasteiger partial charge on any atom is 0.405 e. The quantitative estimate of drug-likeness (QED) is 0.831. The van der Waals surface area contributed by atoms with Crippen LogP contribution in [0.3, 0.4) is 0 Å². The number of hydrogen-bond donors (Lipinski definition) is 1. The van der Waals surface area contributed by atoms with Crippen LogP contribution in [0.5, 0.6) is 0 Å². The summed E-state index contributed by atoms with van der Waals surface area (Å²) in [6.07, 6.45) is -1.70. The molecule has 1 aromatic heterocycles. The second-order valence-electron chi connectivity index (χ2n) is 4.35. The van der Waals surface area contributed by atoms with Gasteiger partial charge in [0.15, 0.2) is 6.61 Å². The molecule has 23 heavy (non-hydrogen) atoms. The molecule has 10 heteroatoms. The van der Waals surface area contributed by atoms with Gasteiger partial charge in [0.2, 0.25) is 0 Å². The average molecular weight is 328 g/mol. The van der Waals surface area contributed by atoms with Gasteiger partial charge in [-0.25, -0.2) is 14.5 Å². The number of hydrogen-bond acceptors (Lipinski definition) is 5. The van der Waals surface area contributed by atoms with Gasteiger partial charge in [0.1, 0.15) is 19.2 Å². The number of amides is 1. The van der Waals surface area contributed by atoms with Gasteiger partial charge in [-0.3, -0.25) is 4.79 Å². The Kier molecular flexibility index (Phi) is 4.94. The summed E-state index contributed by atoms with van der Waals surface area (Å²) in [7, 11) is 0. The molecule has 2 rings (SSSR count). The number of carbonyl (C=O) groups excluding carboxylic acids is 2. The van der Waals surface area contributed by atoms with Crippen molar-refractivity contribution >= 4 is 11.9 Å². The Morgan fingerprint density at radius 1 is 1.22 bits per heavy atom. The van der Waals surface area contributed by atoms with Crippen molar-refractivity contribution in [2.24, 2.45) is 0 Å². The highest BCUT2D eigenvalue weighted by Gasteiger charge is 2.27. The first-order chi connectivity index (χ1) is 10.8. The SMILES string of the molecule is O=C(COC(=O)c1ccc(-n2cncn2)cc1)NCC(F)(F)F. The van der Waals surface area contributed by atoms with Gasteiger partial charge in [-0.15, -0.1) is 0 Å². The van der Waals surface area contributed by atoms with E-state index in [1.54, 1.807) is 17.4 Å². The Bertz CT molecular complexity index is 669. The van der Waals surface area contributed by atoms with Gasteiger partial charge in [-0.2, -0.15) is 18.3 Å². The second kappa shape index (κ2) is 6.90. The normalized spacial score (nSPS) is 11.1. The standard InChI is InChI=1S/C13H11F3N4O3/c14-13(15,16)6-18-11(21)5-23-12(22)9-1-3-10(4-2-9)20-8-17-7-19-20/h1-4,7-8H,5-6H2,(H,18,21). The molecule has 1 heterocycles. The predicted octanol–water partition coefficient (Wildman–Crippen LogP) is 1.10. The predicted molar refractivity (Wildman–Crippen MR) is 70.7 cm³/mol. The Labute approximate surface area is 128 Å². The second-order valence-corrected chi connectivity index (χ2v) is 4.35. The molecule has 0 aliphatic rings. The van der Waals surface area contributed by atoms with E-state index < -0.39 is 31.2 Å². The lowest BCUT2D eigenvalue weighted by Crippen LogP contribution is -2.36. The van der Waals surface area contributed by atoms with E-state index >= 15 is 0 Å². The number of halogens is 3. The molecule has 1 N–H and O–H groups in total. The molecule has 0 spiro atoms. The number of rotatable bonds is 5. The summed E-state index contributed by atoms with van der Waals surface area (Å²) < 4.78 is 41.8. The van der Waals surface area contributed by atoms with Crippen LogP contribution in [0.4, 0.5) is 13.2 Å². The van der Waals surface area contributed by atoms with Crippen LogP contribution in [0.1, 0.15) is 10.4 Å². The van der Waals surface area contributed by atoms with Crippen LogP contribution in [0.25, 0.3) is 5.69 Å². The van der Waals surface area contributed by atoms with Crippen molar-refractivity contribution in [3.05, 3.63) is 42.5 Å². The summed E-state index contributed by atoms with van der Waals surface area (Å²) in [5.41, 5.74) is 0.805. The van der Waals surface area contributed by atoms with Gasteiger partial charge in [-0.05, 0) is 24.3 Å². The Hall–Kier alpha value is -2.91. The molecule has 0 aliphatic carbocycles. The number of esters is 1. The van der Waals surface area contributed by atoms with Crippen molar-refractivity contribution in [2.45, 2.75) is 6.18 Å². The third-order valence-corrected chi connectivity index (χ3v) is 2.61. The Morgan fingerprint density at radius 3 is 2.48 bits per heavy atom. The largest absolute Gasteiger partial charge is 0.452 e. The van der Waals surface area contributed by atoms with E-state index in [0.717, 1.165) is 0 Å². The zero-order chi connectivity index (χ0) is 16.9. The van der Waals surface area contributed by atoms with Gasteiger partial charge in [-0.1, -0.05) is 0 Å². The molecule has 0 fully saturated rings. The van der Waals surface area contributed by atoms with E-state index in [-0.39, 0.29) is 5.56 Å². The van der Waals surface area contributed by atoms with E-state index in [0.29, 0.717) is 5.69 Å². The Balaban J connectivity index is 1.85. The molecule has 1 aromatic carbocycles. The fourth-order valence-electron chi connectivity index (χ4n) is 1.56. The molecular weight excluding hydrogens is 317 g/mol. The number of carbonyl (C=O) groups is 2. The monoisotopic (exact) mass is 328 g/mol. The first-order valence-electron chi connectivity index (χ1n) is 6.31. The van der Waals surface area contributed by atoms with E-state index in [1.165, 1.54) is 29.5 Å². The zero-order valence-corrected chi connectivity index (χ0v) is 11.6. The van der Waals surface area contributed by atoms with Crippen LogP contribution >= 0.6 is 0 Å². The summed E-state index contributed by atoms with van der Waals surface area (Å²) in [5.74, 6) is -1.85. The average Bonchev–Trinajstić information content (AvgIpc) is 3.04. The highest BCUT2D eigenvalue weighted by Crippen LogP contribution is 2.12. The summed E-state index contributed by atoms with van der Waals surface area (Å²) in [6.45, 7) is -2.27. The minimum absolute atomic E-state index is 0.150. The first-order valence-corrected chi connectivity index (χ1v) is 6.31. The molecule has 0 saturated carbocycles. The third-order valence-electron chi connectivity index (χ3n) is 2.61. The fourth-order valence-corrected chi connectivity index (χ4v) is 1.56. The van der Waals surface area contributed by atoms with Crippen LogP contribution in [0.2, 0.25) is 0 Å². The van der Waals surface area contributed by atoms with Gasteiger partial charge < -0.3 is 10.1 Å². The smallest absolute Gasteiger partial charge is 0.405 e. The van der Waals surface area contributed by atoms with Crippen LogP contribution < -0.4 is 5.32 Å². The molecule has 0 unspecified atom stereocenters. The molecule has 122 valence electrons. The molecule has 7 nitrogen and oxygen atoms in total. The van der Waals surface area contributed by atoms with Gasteiger partial charge in [0, 0.05) is 0 Å². The maximum atomic E-state index is 11.9. The molecule has 0 atom stereocenters. The van der Waals surface area contributed by atoms with Crippen molar-refractivity contribution in [3.8, 4) is 5.69 Å². The molecule has 0 bridgehead atoms. The van der Waals surface area contributed by atoms with Crippen LogP contribution in [-0.2, 0) is 9.53 Å². The van der Waals surface area contributed by atoms with Crippen molar-refractivity contribution in [3.63, 3.8) is 0 Å². The Morgan fingerprint density at radius 2 is 1.91 bits per heavy atom. The summed E-state index contributed by atoms with van der Waals surface area (Å²) in [5, 5.41) is 5.50. The van der Waals surface area contributed by atoms with Crippen LogP contribution in [-0.4, -0.2) is 46.0 Å². The number of alkyl halides is 3. The number of nitrogens with zero attached hydrogens (tertiary/aromatic N) is 3. The lowest BCUT2D eigenvalue weighted by Gasteiger charge is -2.09. The molecule has 1 amide bonds. The van der Waals surface area contributed by atoms with Gasteiger partial charge >= 0.3 is 12.1 Å². The first kappa shape index (κ1) is 16.5. The highest BCUT2D eigenvalue weighted by atomic mass is 19.4. The minimum atomic E-state index is -4.52. The number of nitrogens with one attached hydrogen (secondary N) is 1. The van der Waals surface area contributed by atoms with Gasteiger partial charge in [0.25, 0.3) is 5.91 Å². The van der Waals surface area contributed by atoms with Crippen molar-refractivity contribution in [1.82, 2.24) is 20.1 Å². The summed E-state index contributed by atoms with van der Waals surface area (Å²) in [6, 6.07) is 6.03. The highest BCUT2D eigenvalue weighted by molar-refractivity contribution is 5.91. The van der Waals surface area contributed by atoms with E-state index in [9.17, 15) is 22.8 Å². The lowest BCUT2D eigenvalue weighted by atomic mass is 10.2. The molecule has 2 aromatic rings. The molecule has 0 saturated heterocycles. The van der Waals surface area contributed by atoms with Gasteiger partial charge in [0.05, 0.1) is 11.3 Å². The minimum Gasteiger partial charge on any atom is -0.452 e. The number of benzene rings is 1. The zero-order valence-electron chi connectivity index (χ0n) is 11.6. The van der Waals surface area contributed by atoms with Crippen molar-refractivity contribution in [2.75, 3.05) is 13.2 Å². The summed E-state index contributed by atoms with van der Waals surface area (Å²) in [4.78, 5) is 26.6. The van der Waals surface area contributed by atoms with E-state index in [1.807, 2.05) is 0 Å². The lowest BCUT2D eigenvalue weighted by molar-refractivity contribution is -0.140. The number of aromatic nitrogens is 3.